The molecule has 16 heavy (non-hydrogen) atoms. The number of aryl methyl sites for hydroxylation is 1. The second kappa shape index (κ2) is 5.37. The van der Waals surface area contributed by atoms with Gasteiger partial charge in [0.1, 0.15) is 12.4 Å². The molecule has 1 aromatic carbocycles. The largest absolute Gasteiger partial charge is 0.488 e. The van der Waals surface area contributed by atoms with Crippen LogP contribution in [0.15, 0.2) is 36.4 Å². The summed E-state index contributed by atoms with van der Waals surface area (Å²) in [5, 5.41) is 0.706. The van der Waals surface area contributed by atoms with Crippen molar-refractivity contribution in [1.29, 1.82) is 0 Å². The number of thiophene rings is 1. The van der Waals surface area contributed by atoms with E-state index in [1.165, 1.54) is 9.75 Å². The van der Waals surface area contributed by atoms with E-state index in [0.717, 1.165) is 12.2 Å². The first-order valence-corrected chi connectivity index (χ1v) is 6.43. The summed E-state index contributed by atoms with van der Waals surface area (Å²) in [6.07, 6.45) is 1.09. The van der Waals surface area contributed by atoms with E-state index < -0.39 is 0 Å². The van der Waals surface area contributed by atoms with Gasteiger partial charge in [0, 0.05) is 14.8 Å². The van der Waals surface area contributed by atoms with Crippen LogP contribution in [0.5, 0.6) is 5.75 Å². The molecule has 3 heteroatoms. The smallest absolute Gasteiger partial charge is 0.122 e. The molecule has 0 amide bonds. The van der Waals surface area contributed by atoms with Crippen LogP contribution in [0.2, 0.25) is 5.02 Å². The lowest BCUT2D eigenvalue weighted by molar-refractivity contribution is 0.310. The zero-order chi connectivity index (χ0) is 11.4. The summed E-state index contributed by atoms with van der Waals surface area (Å²) in [5.41, 5.74) is 0. The van der Waals surface area contributed by atoms with Crippen LogP contribution in [-0.4, -0.2) is 0 Å². The zero-order valence-corrected chi connectivity index (χ0v) is 10.6. The average Bonchev–Trinajstić information content (AvgIpc) is 2.74. The Balaban J connectivity index is 1.96. The van der Waals surface area contributed by atoms with Gasteiger partial charge >= 0.3 is 0 Å². The lowest BCUT2D eigenvalue weighted by Gasteiger charge is -2.04. The fraction of sp³-hybridized carbons (Fsp3) is 0.231. The van der Waals surface area contributed by atoms with Crippen LogP contribution in [0, 0.1) is 0 Å². The molecule has 0 fully saturated rings. The zero-order valence-electron chi connectivity index (χ0n) is 9.07. The van der Waals surface area contributed by atoms with Crippen molar-refractivity contribution in [3.8, 4) is 5.75 Å². The minimum atomic E-state index is 0.616. The molecule has 0 radical (unpaired) electrons. The van der Waals surface area contributed by atoms with E-state index in [4.69, 9.17) is 16.3 Å². The van der Waals surface area contributed by atoms with Gasteiger partial charge in [-0.2, -0.15) is 0 Å². The number of hydrogen-bond acceptors (Lipinski definition) is 2. The lowest BCUT2D eigenvalue weighted by Crippen LogP contribution is -1.92. The predicted molar refractivity (Wildman–Crippen MR) is 69.5 cm³/mol. The molecular formula is C13H13ClOS. The molecule has 0 aliphatic heterocycles. The molecule has 0 bridgehead atoms. The van der Waals surface area contributed by atoms with Crippen LogP contribution in [0.4, 0.5) is 0 Å². The number of rotatable bonds is 4. The Morgan fingerprint density at radius 2 is 2.00 bits per heavy atom. The maximum absolute atomic E-state index is 5.88. The van der Waals surface area contributed by atoms with Gasteiger partial charge in [0.2, 0.25) is 0 Å². The fourth-order valence-corrected chi connectivity index (χ4v) is 2.45. The quantitative estimate of drug-likeness (QED) is 0.776. The highest BCUT2D eigenvalue weighted by molar-refractivity contribution is 7.11. The number of ether oxygens (including phenoxy) is 1. The fourth-order valence-electron chi connectivity index (χ4n) is 1.40. The highest BCUT2D eigenvalue weighted by Gasteiger charge is 2.00. The van der Waals surface area contributed by atoms with E-state index in [1.54, 1.807) is 11.3 Å². The Labute approximate surface area is 105 Å². The van der Waals surface area contributed by atoms with Gasteiger partial charge < -0.3 is 4.74 Å². The van der Waals surface area contributed by atoms with E-state index in [9.17, 15) is 0 Å². The van der Waals surface area contributed by atoms with Crippen LogP contribution in [0.25, 0.3) is 0 Å². The highest BCUT2D eigenvalue weighted by atomic mass is 35.5. The number of benzene rings is 1. The molecule has 0 spiro atoms. The third-order valence-corrected chi connectivity index (χ3v) is 3.68. The Kier molecular flexibility index (Phi) is 3.86. The molecule has 0 aliphatic rings. The predicted octanol–water partition coefficient (Wildman–Crippen LogP) is 4.54. The van der Waals surface area contributed by atoms with E-state index in [2.05, 4.69) is 19.1 Å². The third kappa shape index (κ3) is 3.00. The molecule has 84 valence electrons. The number of halogens is 1. The number of hydrogen-bond donors (Lipinski definition) is 0. The van der Waals surface area contributed by atoms with Gasteiger partial charge in [-0.15, -0.1) is 11.3 Å². The molecule has 0 saturated heterocycles. The topological polar surface area (TPSA) is 9.23 Å². The molecule has 0 atom stereocenters. The van der Waals surface area contributed by atoms with Gasteiger partial charge in [-0.25, -0.2) is 0 Å². The second-order valence-corrected chi connectivity index (χ2v) is 5.16. The Bertz CT molecular complexity index is 464. The van der Waals surface area contributed by atoms with Crippen molar-refractivity contribution in [1.82, 2.24) is 0 Å². The third-order valence-electron chi connectivity index (χ3n) is 2.24. The van der Waals surface area contributed by atoms with Crippen molar-refractivity contribution < 1.29 is 4.74 Å². The van der Waals surface area contributed by atoms with Crippen LogP contribution in [0.1, 0.15) is 16.7 Å². The van der Waals surface area contributed by atoms with E-state index in [0.29, 0.717) is 11.6 Å². The van der Waals surface area contributed by atoms with Crippen LogP contribution in [0.3, 0.4) is 0 Å². The molecule has 0 saturated carbocycles. The molecule has 0 unspecified atom stereocenters. The molecule has 1 aromatic heterocycles. The molecule has 2 aromatic rings. The molecule has 1 heterocycles. The summed E-state index contributed by atoms with van der Waals surface area (Å²) in [4.78, 5) is 2.64. The molecule has 0 aliphatic carbocycles. The first kappa shape index (κ1) is 11.5. The molecular weight excluding hydrogens is 240 g/mol. The van der Waals surface area contributed by atoms with Crippen molar-refractivity contribution in [2.45, 2.75) is 20.0 Å². The summed E-state index contributed by atoms with van der Waals surface area (Å²) in [5.74, 6) is 0.818. The Morgan fingerprint density at radius 1 is 1.19 bits per heavy atom. The minimum Gasteiger partial charge on any atom is -0.488 e. The van der Waals surface area contributed by atoms with Crippen molar-refractivity contribution in [3.63, 3.8) is 0 Å². The molecule has 1 nitrogen and oxygen atoms in total. The van der Waals surface area contributed by atoms with Crippen molar-refractivity contribution >= 4 is 22.9 Å². The van der Waals surface area contributed by atoms with E-state index in [-0.39, 0.29) is 0 Å². The average molecular weight is 253 g/mol. The van der Waals surface area contributed by atoms with Crippen LogP contribution >= 0.6 is 22.9 Å². The van der Waals surface area contributed by atoms with Gasteiger partial charge in [0.15, 0.2) is 0 Å². The van der Waals surface area contributed by atoms with Gasteiger partial charge in [0.05, 0.1) is 0 Å². The van der Waals surface area contributed by atoms with Gasteiger partial charge in [-0.3, -0.25) is 0 Å². The monoisotopic (exact) mass is 252 g/mol. The first-order valence-electron chi connectivity index (χ1n) is 5.24. The second-order valence-electron chi connectivity index (χ2n) is 3.47. The maximum Gasteiger partial charge on any atom is 0.122 e. The Hall–Kier alpha value is -0.990. The minimum absolute atomic E-state index is 0.616. The SMILES string of the molecule is CCc1ccc(COc2cccc(Cl)c2)s1. The highest BCUT2D eigenvalue weighted by Crippen LogP contribution is 2.21. The maximum atomic E-state index is 5.88. The lowest BCUT2D eigenvalue weighted by atomic mass is 10.3. The normalized spacial score (nSPS) is 10.4. The first-order chi connectivity index (χ1) is 7.78. The molecule has 2 rings (SSSR count). The summed E-state index contributed by atoms with van der Waals surface area (Å²) in [6.45, 7) is 2.78. The van der Waals surface area contributed by atoms with E-state index >= 15 is 0 Å². The van der Waals surface area contributed by atoms with Crippen molar-refractivity contribution in [2.75, 3.05) is 0 Å². The summed E-state index contributed by atoms with van der Waals surface area (Å²) < 4.78 is 5.66. The van der Waals surface area contributed by atoms with E-state index in [1.807, 2.05) is 24.3 Å². The van der Waals surface area contributed by atoms with Crippen LogP contribution < -0.4 is 4.74 Å². The standard InChI is InChI=1S/C13H13ClOS/c1-2-12-6-7-13(16-12)9-15-11-5-3-4-10(14)8-11/h3-8H,2,9H2,1H3. The van der Waals surface area contributed by atoms with Crippen molar-refractivity contribution in [3.05, 3.63) is 51.2 Å². The summed E-state index contributed by atoms with van der Waals surface area (Å²) in [7, 11) is 0. The van der Waals surface area contributed by atoms with Gasteiger partial charge in [0.25, 0.3) is 0 Å². The summed E-state index contributed by atoms with van der Waals surface area (Å²) in [6, 6.07) is 11.8. The van der Waals surface area contributed by atoms with Gasteiger partial charge in [-0.05, 0) is 36.8 Å². The van der Waals surface area contributed by atoms with Gasteiger partial charge in [-0.1, -0.05) is 24.6 Å². The van der Waals surface area contributed by atoms with Crippen LogP contribution in [-0.2, 0) is 13.0 Å². The van der Waals surface area contributed by atoms with Crippen molar-refractivity contribution in [2.24, 2.45) is 0 Å². The molecule has 0 N–H and O–H groups in total. The Morgan fingerprint density at radius 3 is 2.69 bits per heavy atom. The summed E-state index contributed by atoms with van der Waals surface area (Å²) >= 11 is 7.67.